The van der Waals surface area contributed by atoms with E-state index in [9.17, 15) is 0 Å². The van der Waals surface area contributed by atoms with Crippen molar-refractivity contribution in [2.45, 2.75) is 39.5 Å². The minimum absolute atomic E-state index is 0.726. The molecule has 0 amide bonds. The van der Waals surface area contributed by atoms with E-state index in [2.05, 4.69) is 41.2 Å². The number of hydrogen-bond acceptors (Lipinski definition) is 3. The number of hydrogen-bond donors (Lipinski definition) is 1. The van der Waals surface area contributed by atoms with Crippen LogP contribution in [0.2, 0.25) is 0 Å². The lowest BCUT2D eigenvalue weighted by Crippen LogP contribution is -2.20. The molecule has 120 valence electrons. The van der Waals surface area contributed by atoms with Gasteiger partial charge in [0, 0.05) is 0 Å². The molecule has 4 heteroatoms. The third kappa shape index (κ3) is 6.70. The smallest absolute Gasteiger partial charge is 0.133 e. The van der Waals surface area contributed by atoms with Crippen LogP contribution in [0.5, 0.6) is 11.5 Å². The van der Waals surface area contributed by atoms with E-state index < -0.39 is 0 Å². The largest absolute Gasteiger partial charge is 0.496 e. The van der Waals surface area contributed by atoms with Crippen LogP contribution in [-0.2, 0) is 6.42 Å². The Morgan fingerprint density at radius 1 is 1.05 bits per heavy atom. The van der Waals surface area contributed by atoms with Crippen molar-refractivity contribution in [3.05, 3.63) is 22.2 Å². The van der Waals surface area contributed by atoms with Crippen LogP contribution in [0.4, 0.5) is 0 Å². The Labute approximate surface area is 137 Å². The first-order chi connectivity index (χ1) is 10.1. The summed E-state index contributed by atoms with van der Waals surface area (Å²) in [6, 6.07) is 4.05. The summed E-state index contributed by atoms with van der Waals surface area (Å²) in [6.45, 7) is 6.69. The number of unbranched alkanes of at least 4 members (excludes halogenated alkanes) is 2. The van der Waals surface area contributed by atoms with E-state index in [1.165, 1.54) is 24.8 Å². The van der Waals surface area contributed by atoms with E-state index >= 15 is 0 Å². The first-order valence-electron chi connectivity index (χ1n) is 7.69. The summed E-state index contributed by atoms with van der Waals surface area (Å²) >= 11 is 3.49. The van der Waals surface area contributed by atoms with Gasteiger partial charge in [0.05, 0.1) is 18.7 Å². The van der Waals surface area contributed by atoms with Crippen molar-refractivity contribution in [2.24, 2.45) is 5.92 Å². The van der Waals surface area contributed by atoms with E-state index in [-0.39, 0.29) is 0 Å². The lowest BCUT2D eigenvalue weighted by molar-refractivity contribution is 0.396. The van der Waals surface area contributed by atoms with Gasteiger partial charge in [-0.15, -0.1) is 0 Å². The summed E-state index contributed by atoms with van der Waals surface area (Å²) in [7, 11) is 3.41. The molecule has 1 rings (SSSR count). The van der Waals surface area contributed by atoms with Gasteiger partial charge in [0.1, 0.15) is 11.5 Å². The predicted octanol–water partition coefficient (Wildman–Crippen LogP) is 4.42. The van der Waals surface area contributed by atoms with Crippen LogP contribution in [0.3, 0.4) is 0 Å². The molecule has 0 radical (unpaired) electrons. The number of methoxy groups -OCH3 is 2. The normalized spacial score (nSPS) is 11.0. The fraction of sp³-hybridized carbons (Fsp3) is 0.647. The molecule has 0 unspecified atom stereocenters. The van der Waals surface area contributed by atoms with E-state index in [0.717, 1.165) is 41.4 Å². The van der Waals surface area contributed by atoms with Crippen LogP contribution in [-0.4, -0.2) is 27.3 Å². The number of benzene rings is 1. The Morgan fingerprint density at radius 3 is 2.38 bits per heavy atom. The van der Waals surface area contributed by atoms with Gasteiger partial charge >= 0.3 is 0 Å². The summed E-state index contributed by atoms with van der Waals surface area (Å²) < 4.78 is 11.7. The Morgan fingerprint density at radius 2 is 1.76 bits per heavy atom. The highest BCUT2D eigenvalue weighted by Crippen LogP contribution is 2.33. The summed E-state index contributed by atoms with van der Waals surface area (Å²) in [6.07, 6.45) is 4.65. The SMILES string of the molecule is COc1cc(CCCCCNCC(C)C)c(OC)cc1Br. The van der Waals surface area contributed by atoms with E-state index in [1.54, 1.807) is 14.2 Å². The Bertz CT molecular complexity index is 421. The highest BCUT2D eigenvalue weighted by molar-refractivity contribution is 9.10. The summed E-state index contributed by atoms with van der Waals surface area (Å²) in [5, 5.41) is 3.48. The summed E-state index contributed by atoms with van der Waals surface area (Å²) in [4.78, 5) is 0. The van der Waals surface area contributed by atoms with Gasteiger partial charge < -0.3 is 14.8 Å². The number of rotatable bonds is 10. The van der Waals surface area contributed by atoms with Crippen molar-refractivity contribution in [3.63, 3.8) is 0 Å². The van der Waals surface area contributed by atoms with Gasteiger partial charge in [0.2, 0.25) is 0 Å². The van der Waals surface area contributed by atoms with Crippen molar-refractivity contribution in [1.29, 1.82) is 0 Å². The molecule has 0 aromatic heterocycles. The van der Waals surface area contributed by atoms with Crippen molar-refractivity contribution >= 4 is 15.9 Å². The predicted molar refractivity (Wildman–Crippen MR) is 92.5 cm³/mol. The second-order valence-electron chi connectivity index (χ2n) is 5.71. The minimum Gasteiger partial charge on any atom is -0.496 e. The maximum Gasteiger partial charge on any atom is 0.133 e. The Balaban J connectivity index is 2.37. The monoisotopic (exact) mass is 357 g/mol. The molecule has 3 nitrogen and oxygen atoms in total. The lowest BCUT2D eigenvalue weighted by Gasteiger charge is -2.12. The van der Waals surface area contributed by atoms with Crippen LogP contribution >= 0.6 is 15.9 Å². The van der Waals surface area contributed by atoms with Crippen LogP contribution < -0.4 is 14.8 Å². The molecular weight excluding hydrogens is 330 g/mol. The molecule has 1 N–H and O–H groups in total. The van der Waals surface area contributed by atoms with E-state index in [1.807, 2.05) is 6.07 Å². The van der Waals surface area contributed by atoms with Gasteiger partial charge in [0.15, 0.2) is 0 Å². The van der Waals surface area contributed by atoms with Gasteiger partial charge in [0.25, 0.3) is 0 Å². The van der Waals surface area contributed by atoms with Gasteiger partial charge in [-0.3, -0.25) is 0 Å². The molecule has 0 saturated heterocycles. The molecule has 0 heterocycles. The summed E-state index contributed by atoms with van der Waals surface area (Å²) in [5.74, 6) is 2.52. The number of halogens is 1. The molecule has 0 fully saturated rings. The maximum absolute atomic E-state index is 5.45. The number of aryl methyl sites for hydroxylation is 1. The molecule has 1 aromatic carbocycles. The fourth-order valence-corrected chi connectivity index (χ4v) is 2.74. The first-order valence-corrected chi connectivity index (χ1v) is 8.49. The molecule has 0 aliphatic carbocycles. The standard InChI is InChI=1S/C17H28BrNO2/c1-13(2)12-19-9-7-5-6-8-14-10-17(21-4)15(18)11-16(14)20-3/h10-11,13,19H,5-9,12H2,1-4H3. The van der Waals surface area contributed by atoms with E-state index in [4.69, 9.17) is 9.47 Å². The molecule has 0 aliphatic rings. The van der Waals surface area contributed by atoms with Crippen molar-refractivity contribution in [2.75, 3.05) is 27.3 Å². The Kier molecular flexibility index (Phi) is 8.77. The average Bonchev–Trinajstić information content (AvgIpc) is 2.46. The first kappa shape index (κ1) is 18.3. The molecule has 0 atom stereocenters. The molecular formula is C17H28BrNO2. The number of ether oxygens (including phenoxy) is 2. The topological polar surface area (TPSA) is 30.5 Å². The zero-order valence-electron chi connectivity index (χ0n) is 13.7. The number of nitrogens with one attached hydrogen (secondary N) is 1. The minimum atomic E-state index is 0.726. The highest BCUT2D eigenvalue weighted by atomic mass is 79.9. The average molecular weight is 358 g/mol. The molecule has 0 bridgehead atoms. The maximum atomic E-state index is 5.45. The van der Waals surface area contributed by atoms with Gasteiger partial charge in [-0.05, 0) is 71.9 Å². The van der Waals surface area contributed by atoms with Gasteiger partial charge in [-0.2, -0.15) is 0 Å². The second kappa shape index (κ2) is 10.1. The van der Waals surface area contributed by atoms with E-state index in [0.29, 0.717) is 0 Å². The molecule has 1 aromatic rings. The van der Waals surface area contributed by atoms with Crippen LogP contribution in [0.1, 0.15) is 38.7 Å². The third-order valence-electron chi connectivity index (χ3n) is 3.41. The zero-order valence-corrected chi connectivity index (χ0v) is 15.3. The molecule has 21 heavy (non-hydrogen) atoms. The zero-order chi connectivity index (χ0) is 15.7. The van der Waals surface area contributed by atoms with Crippen molar-refractivity contribution in [1.82, 2.24) is 5.32 Å². The van der Waals surface area contributed by atoms with Crippen LogP contribution in [0.25, 0.3) is 0 Å². The van der Waals surface area contributed by atoms with Crippen molar-refractivity contribution < 1.29 is 9.47 Å². The molecule has 0 saturated carbocycles. The second-order valence-corrected chi connectivity index (χ2v) is 6.56. The summed E-state index contributed by atoms with van der Waals surface area (Å²) in [5.41, 5.74) is 1.22. The quantitative estimate of drug-likeness (QED) is 0.628. The Hall–Kier alpha value is -0.740. The van der Waals surface area contributed by atoms with Crippen molar-refractivity contribution in [3.8, 4) is 11.5 Å². The van der Waals surface area contributed by atoms with Crippen LogP contribution in [0, 0.1) is 5.92 Å². The third-order valence-corrected chi connectivity index (χ3v) is 4.03. The fourth-order valence-electron chi connectivity index (χ4n) is 2.25. The molecule has 0 spiro atoms. The van der Waals surface area contributed by atoms with Gasteiger partial charge in [-0.1, -0.05) is 20.3 Å². The van der Waals surface area contributed by atoms with Crippen LogP contribution in [0.15, 0.2) is 16.6 Å². The lowest BCUT2D eigenvalue weighted by atomic mass is 10.1. The highest BCUT2D eigenvalue weighted by Gasteiger charge is 2.09. The van der Waals surface area contributed by atoms with Gasteiger partial charge in [-0.25, -0.2) is 0 Å². The molecule has 0 aliphatic heterocycles.